The Balaban J connectivity index is 0.00000400. The third-order valence-corrected chi connectivity index (χ3v) is 5.94. The number of hydrogen-bond donors (Lipinski definition) is 2. The number of aromatic nitrogens is 2. The fourth-order valence-electron chi connectivity index (χ4n) is 4.10. The maximum atomic E-state index is 13.3. The molecule has 4 rings (SSSR count). The van der Waals surface area contributed by atoms with Crippen molar-refractivity contribution < 1.29 is 19.1 Å². The standard InChI is InChI=1S/C28H27N5O4.ClH/c1-3-37-26(35)17-33(28(36)23-6-4-5-13-31-23)20-11-12-24-21(15-20)22(16-32(24)2)25(34)14-18-7-9-19(10-8-18)27(29)30;/h4-13,15-16H,3,14,17H2,1-2H3,(H3,29,30);1H. The zero-order chi connectivity index (χ0) is 26.5. The summed E-state index contributed by atoms with van der Waals surface area (Å²) in [6, 6.07) is 17.2. The lowest BCUT2D eigenvalue weighted by Gasteiger charge is -2.22. The number of ether oxygens (including phenoxy) is 1. The maximum Gasteiger partial charge on any atom is 0.326 e. The van der Waals surface area contributed by atoms with E-state index in [1.165, 1.54) is 11.1 Å². The summed E-state index contributed by atoms with van der Waals surface area (Å²) in [5.41, 5.74) is 8.83. The summed E-state index contributed by atoms with van der Waals surface area (Å²) in [7, 11) is 1.84. The van der Waals surface area contributed by atoms with Gasteiger partial charge in [-0.25, -0.2) is 0 Å². The largest absolute Gasteiger partial charge is 0.465 e. The first kappa shape index (κ1) is 28.1. The second kappa shape index (κ2) is 12.2. The monoisotopic (exact) mass is 533 g/mol. The lowest BCUT2D eigenvalue weighted by molar-refractivity contribution is -0.141. The lowest BCUT2D eigenvalue weighted by Crippen LogP contribution is -2.37. The predicted molar refractivity (Wildman–Crippen MR) is 148 cm³/mol. The molecule has 3 N–H and O–H groups in total. The number of amides is 1. The SMILES string of the molecule is CCOC(=O)CN(C(=O)c1ccccn1)c1ccc2c(c1)c(C(=O)Cc1ccc(C(=N)N)cc1)cn2C.Cl. The van der Waals surface area contributed by atoms with E-state index in [1.807, 2.05) is 17.7 Å². The summed E-state index contributed by atoms with van der Waals surface area (Å²) in [6.45, 7) is 1.59. The molecule has 9 nitrogen and oxygen atoms in total. The number of carbonyl (C=O) groups excluding carboxylic acids is 3. The number of fused-ring (bicyclic) bond motifs is 1. The van der Waals surface area contributed by atoms with Crippen molar-refractivity contribution >= 4 is 52.5 Å². The molecule has 0 atom stereocenters. The van der Waals surface area contributed by atoms with E-state index in [9.17, 15) is 14.4 Å². The van der Waals surface area contributed by atoms with Crippen molar-refractivity contribution in [2.45, 2.75) is 13.3 Å². The number of nitrogens with two attached hydrogens (primary N) is 1. The van der Waals surface area contributed by atoms with Gasteiger partial charge in [-0.2, -0.15) is 0 Å². The highest BCUT2D eigenvalue weighted by molar-refractivity contribution is 6.12. The smallest absolute Gasteiger partial charge is 0.326 e. The van der Waals surface area contributed by atoms with Crippen LogP contribution < -0.4 is 10.6 Å². The molecule has 0 aliphatic heterocycles. The van der Waals surface area contributed by atoms with Crippen LogP contribution in [0.4, 0.5) is 5.69 Å². The molecule has 1 amide bonds. The van der Waals surface area contributed by atoms with E-state index in [4.69, 9.17) is 15.9 Å². The number of hydrogen-bond acceptors (Lipinski definition) is 6. The fraction of sp³-hybridized carbons (Fsp3) is 0.179. The van der Waals surface area contributed by atoms with Crippen molar-refractivity contribution in [3.63, 3.8) is 0 Å². The lowest BCUT2D eigenvalue weighted by atomic mass is 10.0. The van der Waals surface area contributed by atoms with Crippen LogP contribution >= 0.6 is 12.4 Å². The Bertz CT molecular complexity index is 1480. The zero-order valence-electron chi connectivity index (χ0n) is 21.0. The minimum absolute atomic E-state index is 0. The van der Waals surface area contributed by atoms with E-state index in [-0.39, 0.29) is 49.3 Å². The van der Waals surface area contributed by atoms with Gasteiger partial charge in [0, 0.05) is 53.6 Å². The molecule has 0 saturated heterocycles. The average molecular weight is 534 g/mol. The van der Waals surface area contributed by atoms with Crippen LogP contribution in [0.25, 0.3) is 10.9 Å². The number of nitrogens with one attached hydrogen (secondary N) is 1. The van der Waals surface area contributed by atoms with Gasteiger partial charge < -0.3 is 15.0 Å². The number of nitrogens with zero attached hydrogens (tertiary/aromatic N) is 3. The van der Waals surface area contributed by atoms with Gasteiger partial charge in [0.1, 0.15) is 18.1 Å². The van der Waals surface area contributed by atoms with Gasteiger partial charge in [0.2, 0.25) is 0 Å². The second-order valence-electron chi connectivity index (χ2n) is 8.48. The quantitative estimate of drug-likeness (QED) is 0.145. The minimum atomic E-state index is -0.551. The highest BCUT2D eigenvalue weighted by atomic mass is 35.5. The molecule has 2 aromatic carbocycles. The zero-order valence-corrected chi connectivity index (χ0v) is 21.8. The number of nitrogen functional groups attached to an aromatic ring is 1. The van der Waals surface area contributed by atoms with Crippen LogP contribution in [0.5, 0.6) is 0 Å². The van der Waals surface area contributed by atoms with Crippen molar-refractivity contribution in [2.24, 2.45) is 12.8 Å². The molecule has 2 aromatic heterocycles. The molecule has 0 unspecified atom stereocenters. The Morgan fingerprint density at radius 2 is 1.82 bits per heavy atom. The van der Waals surface area contributed by atoms with Crippen molar-refractivity contribution in [3.05, 3.63) is 95.4 Å². The third-order valence-electron chi connectivity index (χ3n) is 5.94. The summed E-state index contributed by atoms with van der Waals surface area (Å²) in [5.74, 6) is -1.15. The van der Waals surface area contributed by atoms with Gasteiger partial charge in [-0.1, -0.05) is 30.3 Å². The second-order valence-corrected chi connectivity index (χ2v) is 8.48. The van der Waals surface area contributed by atoms with E-state index >= 15 is 0 Å². The van der Waals surface area contributed by atoms with Gasteiger partial charge in [0.05, 0.1) is 6.61 Å². The van der Waals surface area contributed by atoms with E-state index in [0.29, 0.717) is 22.2 Å². The Labute approximate surface area is 226 Å². The van der Waals surface area contributed by atoms with Crippen molar-refractivity contribution in [3.8, 4) is 0 Å². The first-order chi connectivity index (χ1) is 17.8. The molecule has 0 saturated carbocycles. The Morgan fingerprint density at radius 1 is 1.08 bits per heavy atom. The van der Waals surface area contributed by atoms with Gasteiger partial charge in [-0.05, 0) is 42.8 Å². The average Bonchev–Trinajstić information content (AvgIpc) is 3.23. The van der Waals surface area contributed by atoms with Crippen LogP contribution in [0.15, 0.2) is 73.1 Å². The summed E-state index contributed by atoms with van der Waals surface area (Å²) >= 11 is 0. The summed E-state index contributed by atoms with van der Waals surface area (Å²) in [6.07, 6.45) is 3.42. The molecular weight excluding hydrogens is 506 g/mol. The minimum Gasteiger partial charge on any atom is -0.465 e. The molecular formula is C28H28ClN5O4. The Kier molecular flexibility index (Phi) is 8.98. The number of pyridine rings is 1. The summed E-state index contributed by atoms with van der Waals surface area (Å²) in [5, 5.41) is 8.19. The van der Waals surface area contributed by atoms with Crippen LogP contribution in [0.2, 0.25) is 0 Å². The molecule has 0 aliphatic rings. The number of ketones is 1. The first-order valence-corrected chi connectivity index (χ1v) is 11.7. The van der Waals surface area contributed by atoms with Crippen molar-refractivity contribution in [1.29, 1.82) is 5.41 Å². The van der Waals surface area contributed by atoms with E-state index < -0.39 is 11.9 Å². The van der Waals surface area contributed by atoms with Crippen LogP contribution in [0.3, 0.4) is 0 Å². The van der Waals surface area contributed by atoms with E-state index in [2.05, 4.69) is 4.98 Å². The Hall–Kier alpha value is -4.50. The van der Waals surface area contributed by atoms with Gasteiger partial charge in [0.25, 0.3) is 5.91 Å². The number of Topliss-reactive ketones (excluding diaryl/α,β-unsaturated/α-hetero) is 1. The molecule has 0 bridgehead atoms. The number of rotatable bonds is 9. The summed E-state index contributed by atoms with van der Waals surface area (Å²) in [4.78, 5) is 44.4. The van der Waals surface area contributed by atoms with Crippen LogP contribution in [0.1, 0.15) is 38.9 Å². The van der Waals surface area contributed by atoms with Crippen molar-refractivity contribution in [1.82, 2.24) is 9.55 Å². The van der Waals surface area contributed by atoms with Crippen LogP contribution in [-0.2, 0) is 23.0 Å². The van der Waals surface area contributed by atoms with Gasteiger partial charge >= 0.3 is 5.97 Å². The number of anilines is 1. The summed E-state index contributed by atoms with van der Waals surface area (Å²) < 4.78 is 6.94. The molecule has 2 heterocycles. The van der Waals surface area contributed by atoms with Crippen LogP contribution in [-0.4, -0.2) is 46.2 Å². The van der Waals surface area contributed by atoms with E-state index in [1.54, 1.807) is 67.7 Å². The van der Waals surface area contributed by atoms with Gasteiger partial charge in [-0.15, -0.1) is 12.4 Å². The molecule has 4 aromatic rings. The molecule has 0 radical (unpaired) electrons. The molecule has 0 fully saturated rings. The molecule has 196 valence electrons. The number of carbonyl (C=O) groups is 3. The number of benzene rings is 2. The first-order valence-electron chi connectivity index (χ1n) is 11.7. The normalized spacial score (nSPS) is 10.5. The van der Waals surface area contributed by atoms with Crippen molar-refractivity contribution in [2.75, 3.05) is 18.1 Å². The molecule has 0 spiro atoms. The van der Waals surface area contributed by atoms with Gasteiger partial charge in [0.15, 0.2) is 5.78 Å². The van der Waals surface area contributed by atoms with Crippen LogP contribution in [0, 0.1) is 5.41 Å². The number of amidine groups is 1. The molecule has 0 aliphatic carbocycles. The highest BCUT2D eigenvalue weighted by Gasteiger charge is 2.24. The molecule has 10 heteroatoms. The Morgan fingerprint density at radius 3 is 2.45 bits per heavy atom. The number of esters is 1. The topological polar surface area (TPSA) is 131 Å². The van der Waals surface area contributed by atoms with Gasteiger partial charge in [-0.3, -0.25) is 29.7 Å². The maximum absolute atomic E-state index is 13.3. The number of halogens is 1. The highest BCUT2D eigenvalue weighted by Crippen LogP contribution is 2.28. The van der Waals surface area contributed by atoms with E-state index in [0.717, 1.165) is 11.1 Å². The fourth-order valence-corrected chi connectivity index (χ4v) is 4.10. The third kappa shape index (κ3) is 6.07. The predicted octanol–water partition coefficient (Wildman–Crippen LogP) is 3.91. The number of aryl methyl sites for hydroxylation is 1. The molecule has 38 heavy (non-hydrogen) atoms.